The van der Waals surface area contributed by atoms with Crippen molar-refractivity contribution in [2.24, 2.45) is 5.92 Å². The summed E-state index contributed by atoms with van der Waals surface area (Å²) in [5, 5.41) is 0. The van der Waals surface area contributed by atoms with E-state index >= 15 is 0 Å². The van der Waals surface area contributed by atoms with Crippen molar-refractivity contribution >= 4 is 28.2 Å². The Hall–Kier alpha value is -0.340. The molecule has 0 saturated carbocycles. The van der Waals surface area contributed by atoms with Crippen LogP contribution in [0.15, 0.2) is 30.3 Å². The summed E-state index contributed by atoms with van der Waals surface area (Å²) in [5.41, 5.74) is 1.36. The molecule has 0 fully saturated rings. The standard InChI is InChI=1S/C13H18S2/c1-3-12(4-2)13(14)15-10-11-8-6-5-7-9-11/h5-9,12H,3-4,10H2,1-2H3. The normalized spacial score (nSPS) is 10.6. The summed E-state index contributed by atoms with van der Waals surface area (Å²) in [6.45, 7) is 4.42. The van der Waals surface area contributed by atoms with Crippen LogP contribution in [0.5, 0.6) is 0 Å². The average molecular weight is 238 g/mol. The number of thiocarbonyl (C=S) groups is 1. The quantitative estimate of drug-likeness (QED) is 0.683. The summed E-state index contributed by atoms with van der Waals surface area (Å²) in [6.07, 6.45) is 2.33. The van der Waals surface area contributed by atoms with Crippen LogP contribution >= 0.6 is 24.0 Å². The molecular weight excluding hydrogens is 220 g/mol. The summed E-state index contributed by atoms with van der Waals surface area (Å²) in [6, 6.07) is 10.5. The third kappa shape index (κ3) is 4.35. The van der Waals surface area contributed by atoms with Gasteiger partial charge in [0.2, 0.25) is 0 Å². The van der Waals surface area contributed by atoms with Crippen LogP contribution in [-0.4, -0.2) is 4.20 Å². The second-order valence-electron chi connectivity index (χ2n) is 3.61. The van der Waals surface area contributed by atoms with Crippen LogP contribution in [0.3, 0.4) is 0 Å². The van der Waals surface area contributed by atoms with Crippen molar-refractivity contribution in [2.45, 2.75) is 32.4 Å². The van der Waals surface area contributed by atoms with Crippen LogP contribution in [0, 0.1) is 5.92 Å². The van der Waals surface area contributed by atoms with E-state index in [2.05, 4.69) is 38.1 Å². The number of benzene rings is 1. The minimum Gasteiger partial charge on any atom is -0.114 e. The lowest BCUT2D eigenvalue weighted by Gasteiger charge is -2.13. The van der Waals surface area contributed by atoms with Gasteiger partial charge in [0.15, 0.2) is 0 Å². The molecular formula is C13H18S2. The summed E-state index contributed by atoms with van der Waals surface area (Å²) in [4.78, 5) is 0. The molecule has 2 heteroatoms. The van der Waals surface area contributed by atoms with E-state index in [1.165, 1.54) is 9.76 Å². The molecule has 82 valence electrons. The van der Waals surface area contributed by atoms with Gasteiger partial charge in [-0.05, 0) is 24.3 Å². The highest BCUT2D eigenvalue weighted by Gasteiger charge is 2.10. The fraction of sp³-hybridized carbons (Fsp3) is 0.462. The van der Waals surface area contributed by atoms with Crippen molar-refractivity contribution in [2.75, 3.05) is 0 Å². The Labute approximate surface area is 102 Å². The Kier molecular flexibility index (Phi) is 5.96. The van der Waals surface area contributed by atoms with Gasteiger partial charge in [0, 0.05) is 5.75 Å². The van der Waals surface area contributed by atoms with E-state index in [4.69, 9.17) is 12.2 Å². The van der Waals surface area contributed by atoms with Gasteiger partial charge in [-0.25, -0.2) is 0 Å². The van der Waals surface area contributed by atoms with E-state index in [9.17, 15) is 0 Å². The Morgan fingerprint density at radius 2 is 1.80 bits per heavy atom. The van der Waals surface area contributed by atoms with Gasteiger partial charge in [0.05, 0.1) is 4.20 Å². The average Bonchev–Trinajstić information content (AvgIpc) is 2.29. The fourth-order valence-electron chi connectivity index (χ4n) is 1.47. The molecule has 0 N–H and O–H groups in total. The molecule has 0 radical (unpaired) electrons. The van der Waals surface area contributed by atoms with Gasteiger partial charge in [-0.15, -0.1) is 11.8 Å². The molecule has 0 amide bonds. The first kappa shape index (κ1) is 12.7. The first-order valence-corrected chi connectivity index (χ1v) is 6.87. The number of thioether (sulfide) groups is 1. The molecule has 0 unspecified atom stereocenters. The van der Waals surface area contributed by atoms with E-state index in [0.717, 1.165) is 18.6 Å². The predicted molar refractivity (Wildman–Crippen MR) is 74.4 cm³/mol. The lowest BCUT2D eigenvalue weighted by molar-refractivity contribution is 0.658. The zero-order valence-corrected chi connectivity index (χ0v) is 11.0. The molecule has 0 bridgehead atoms. The summed E-state index contributed by atoms with van der Waals surface area (Å²) >= 11 is 7.25. The Morgan fingerprint density at radius 3 is 2.33 bits per heavy atom. The third-order valence-corrected chi connectivity index (χ3v) is 4.33. The van der Waals surface area contributed by atoms with Crippen molar-refractivity contribution in [3.8, 4) is 0 Å². The zero-order valence-electron chi connectivity index (χ0n) is 9.40. The molecule has 1 rings (SSSR count). The highest BCUT2D eigenvalue weighted by Crippen LogP contribution is 2.22. The molecule has 0 spiro atoms. The van der Waals surface area contributed by atoms with Gasteiger partial charge in [-0.2, -0.15) is 0 Å². The maximum atomic E-state index is 5.44. The Bertz CT molecular complexity index is 289. The number of hydrogen-bond acceptors (Lipinski definition) is 2. The largest absolute Gasteiger partial charge is 0.114 e. The van der Waals surface area contributed by atoms with E-state index in [1.54, 1.807) is 0 Å². The van der Waals surface area contributed by atoms with Crippen LogP contribution in [0.25, 0.3) is 0 Å². The molecule has 0 aliphatic heterocycles. The molecule has 0 nitrogen and oxygen atoms in total. The van der Waals surface area contributed by atoms with Gasteiger partial charge < -0.3 is 0 Å². The summed E-state index contributed by atoms with van der Waals surface area (Å²) < 4.78 is 1.17. The lowest BCUT2D eigenvalue weighted by Crippen LogP contribution is -2.06. The van der Waals surface area contributed by atoms with E-state index in [-0.39, 0.29) is 0 Å². The highest BCUT2D eigenvalue weighted by atomic mass is 32.2. The van der Waals surface area contributed by atoms with Crippen molar-refractivity contribution in [3.05, 3.63) is 35.9 Å². The fourth-order valence-corrected chi connectivity index (χ4v) is 3.05. The molecule has 1 aromatic rings. The second-order valence-corrected chi connectivity index (χ2v) is 5.32. The van der Waals surface area contributed by atoms with Crippen molar-refractivity contribution < 1.29 is 0 Å². The monoisotopic (exact) mass is 238 g/mol. The minimum atomic E-state index is 0.605. The molecule has 0 aromatic heterocycles. The van der Waals surface area contributed by atoms with Crippen molar-refractivity contribution in [1.82, 2.24) is 0 Å². The molecule has 0 saturated heterocycles. The molecule has 0 aliphatic rings. The predicted octanol–water partition coefficient (Wildman–Crippen LogP) is 4.68. The SMILES string of the molecule is CCC(CC)C(=S)SCc1ccccc1. The summed E-state index contributed by atoms with van der Waals surface area (Å²) in [7, 11) is 0. The summed E-state index contributed by atoms with van der Waals surface area (Å²) in [5.74, 6) is 1.62. The Balaban J connectivity index is 2.40. The number of rotatable bonds is 5. The van der Waals surface area contributed by atoms with Gasteiger partial charge >= 0.3 is 0 Å². The lowest BCUT2D eigenvalue weighted by atomic mass is 10.1. The van der Waals surface area contributed by atoms with E-state index in [0.29, 0.717) is 5.92 Å². The minimum absolute atomic E-state index is 0.605. The van der Waals surface area contributed by atoms with Crippen LogP contribution < -0.4 is 0 Å². The van der Waals surface area contributed by atoms with Crippen LogP contribution in [0.2, 0.25) is 0 Å². The highest BCUT2D eigenvalue weighted by molar-refractivity contribution is 8.22. The van der Waals surface area contributed by atoms with E-state index in [1.807, 2.05) is 17.8 Å². The van der Waals surface area contributed by atoms with Gasteiger partial charge in [0.1, 0.15) is 0 Å². The van der Waals surface area contributed by atoms with Crippen molar-refractivity contribution in [1.29, 1.82) is 0 Å². The first-order valence-electron chi connectivity index (χ1n) is 5.48. The first-order chi connectivity index (χ1) is 7.27. The maximum absolute atomic E-state index is 5.44. The molecule has 1 aromatic carbocycles. The van der Waals surface area contributed by atoms with Crippen LogP contribution in [0.4, 0.5) is 0 Å². The van der Waals surface area contributed by atoms with Gasteiger partial charge in [-0.1, -0.05) is 56.4 Å². The molecule has 15 heavy (non-hydrogen) atoms. The second kappa shape index (κ2) is 7.02. The maximum Gasteiger partial charge on any atom is 0.0512 e. The molecule has 0 aliphatic carbocycles. The molecule has 0 heterocycles. The van der Waals surface area contributed by atoms with E-state index < -0.39 is 0 Å². The zero-order chi connectivity index (χ0) is 11.1. The van der Waals surface area contributed by atoms with Gasteiger partial charge in [-0.3, -0.25) is 0 Å². The van der Waals surface area contributed by atoms with Crippen LogP contribution in [-0.2, 0) is 5.75 Å². The van der Waals surface area contributed by atoms with Crippen LogP contribution in [0.1, 0.15) is 32.3 Å². The Morgan fingerprint density at radius 1 is 1.20 bits per heavy atom. The number of hydrogen-bond donors (Lipinski definition) is 0. The van der Waals surface area contributed by atoms with Gasteiger partial charge in [0.25, 0.3) is 0 Å². The smallest absolute Gasteiger partial charge is 0.0512 e. The van der Waals surface area contributed by atoms with Crippen molar-refractivity contribution in [3.63, 3.8) is 0 Å². The molecule has 0 atom stereocenters. The third-order valence-electron chi connectivity index (χ3n) is 2.54. The topological polar surface area (TPSA) is 0 Å².